The molecule has 0 radical (unpaired) electrons. The van der Waals surface area contributed by atoms with Crippen LogP contribution in [-0.4, -0.2) is 23.5 Å². The molecule has 0 fully saturated rings. The van der Waals surface area contributed by atoms with Gasteiger partial charge in [-0.05, 0) is 12.8 Å². The predicted molar refractivity (Wildman–Crippen MR) is 49.2 cm³/mol. The second-order valence-electron chi connectivity index (χ2n) is 3.85. The van der Waals surface area contributed by atoms with Crippen LogP contribution < -0.4 is 5.73 Å². The van der Waals surface area contributed by atoms with Crippen molar-refractivity contribution in [2.75, 3.05) is 0 Å². The Morgan fingerprint density at radius 1 is 1.57 bits per heavy atom. The van der Waals surface area contributed by atoms with Crippen molar-refractivity contribution in [1.82, 2.24) is 0 Å². The Kier molecular flexibility index (Phi) is 4.97. The van der Waals surface area contributed by atoms with E-state index in [1.807, 2.05) is 0 Å². The van der Waals surface area contributed by atoms with Crippen molar-refractivity contribution in [3.63, 3.8) is 0 Å². The quantitative estimate of drug-likeness (QED) is 0.701. The molecule has 0 amide bonds. The number of hydrogen-bond donors (Lipinski definition) is 2. The summed E-state index contributed by atoms with van der Waals surface area (Å²) in [4.78, 5) is 10.4. The predicted octanol–water partition coefficient (Wildman–Crippen LogP) is 1.86. The maximum absolute atomic E-state index is 12.6. The van der Waals surface area contributed by atoms with E-state index in [2.05, 4.69) is 0 Å². The van der Waals surface area contributed by atoms with Gasteiger partial charge in [0.25, 0.3) is 0 Å². The highest BCUT2D eigenvalue weighted by Gasteiger charge is 2.37. The Bertz CT molecular complexity index is 199. The molecule has 3 N–H and O–H groups in total. The number of alkyl halides is 2. The number of halogens is 2. The zero-order chi connectivity index (χ0) is 11.4. The number of aliphatic carboxylic acids is 1. The maximum Gasteiger partial charge on any atom is 0.320 e. The van der Waals surface area contributed by atoms with Gasteiger partial charge in [0.05, 0.1) is 0 Å². The second kappa shape index (κ2) is 5.24. The van der Waals surface area contributed by atoms with E-state index in [0.29, 0.717) is 6.42 Å². The lowest BCUT2D eigenvalue weighted by Crippen LogP contribution is -2.39. The molecule has 0 aromatic heterocycles. The lowest BCUT2D eigenvalue weighted by atomic mass is 9.80. The molecule has 0 saturated heterocycles. The van der Waals surface area contributed by atoms with Crippen LogP contribution in [-0.2, 0) is 4.79 Å². The Balaban J connectivity index is 4.43. The highest BCUT2D eigenvalue weighted by molar-refractivity contribution is 5.73. The van der Waals surface area contributed by atoms with Gasteiger partial charge in [-0.25, -0.2) is 8.78 Å². The molecule has 0 aliphatic rings. The molecule has 0 rings (SSSR count). The zero-order valence-corrected chi connectivity index (χ0v) is 8.46. The fourth-order valence-corrected chi connectivity index (χ4v) is 1.46. The minimum Gasteiger partial charge on any atom is -0.480 e. The van der Waals surface area contributed by atoms with Gasteiger partial charge >= 0.3 is 5.97 Å². The average molecular weight is 209 g/mol. The molecule has 2 atom stereocenters. The third-order valence-electron chi connectivity index (χ3n) is 2.35. The lowest BCUT2D eigenvalue weighted by Gasteiger charge is -2.29. The molecule has 0 aromatic rings. The van der Waals surface area contributed by atoms with Crippen molar-refractivity contribution >= 4 is 5.97 Å². The van der Waals surface area contributed by atoms with Crippen LogP contribution in [0.4, 0.5) is 8.78 Å². The van der Waals surface area contributed by atoms with Gasteiger partial charge in [0.1, 0.15) is 6.04 Å². The van der Waals surface area contributed by atoms with Crippen molar-refractivity contribution in [1.29, 1.82) is 0 Å². The summed E-state index contributed by atoms with van der Waals surface area (Å²) in [6.45, 7) is 3.16. The summed E-state index contributed by atoms with van der Waals surface area (Å²) in [6.07, 6.45) is -1.85. The first-order valence-electron chi connectivity index (χ1n) is 4.60. The van der Waals surface area contributed by atoms with Crippen molar-refractivity contribution in [2.24, 2.45) is 11.1 Å². The van der Waals surface area contributed by atoms with Crippen LogP contribution in [0.15, 0.2) is 0 Å². The number of carboxylic acids is 1. The number of carboxylic acid groups (broad SMARTS) is 1. The average Bonchev–Trinajstić information content (AvgIpc) is 2.03. The second-order valence-corrected chi connectivity index (χ2v) is 3.85. The smallest absolute Gasteiger partial charge is 0.320 e. The van der Waals surface area contributed by atoms with Crippen molar-refractivity contribution in [3.05, 3.63) is 0 Å². The van der Waals surface area contributed by atoms with Crippen LogP contribution in [0.5, 0.6) is 0 Å². The highest BCUT2D eigenvalue weighted by Crippen LogP contribution is 2.35. The molecule has 0 aromatic carbocycles. The van der Waals surface area contributed by atoms with Gasteiger partial charge < -0.3 is 10.8 Å². The first-order chi connectivity index (χ1) is 6.33. The molecule has 0 aliphatic heterocycles. The summed E-state index contributed by atoms with van der Waals surface area (Å²) < 4.78 is 25.3. The van der Waals surface area contributed by atoms with Gasteiger partial charge in [0.15, 0.2) is 0 Å². The normalized spacial score (nSPS) is 17.9. The van der Waals surface area contributed by atoms with Gasteiger partial charge in [-0.2, -0.15) is 0 Å². The summed E-state index contributed by atoms with van der Waals surface area (Å²) in [6, 6.07) is -1.21. The van der Waals surface area contributed by atoms with Gasteiger partial charge in [-0.3, -0.25) is 4.79 Å². The topological polar surface area (TPSA) is 63.3 Å². The summed E-state index contributed by atoms with van der Waals surface area (Å²) in [5.74, 6) is -1.23. The molecule has 14 heavy (non-hydrogen) atoms. The van der Waals surface area contributed by atoms with Crippen molar-refractivity contribution < 1.29 is 18.7 Å². The van der Waals surface area contributed by atoms with Crippen molar-refractivity contribution in [3.8, 4) is 0 Å². The summed E-state index contributed by atoms with van der Waals surface area (Å²) in [5, 5.41) is 8.53. The van der Waals surface area contributed by atoms with E-state index in [-0.39, 0.29) is 12.8 Å². The minimum atomic E-state index is -2.53. The standard InChI is InChI=1S/C9H17F2NO2/c1-3-4-9(2,8(10)11)5-6(12)7(13)14/h6,8H,3-5,12H2,1-2H3,(H,13,14)/t6-,9?/m0/s1. The molecule has 0 heterocycles. The molecular weight excluding hydrogens is 192 g/mol. The van der Waals surface area contributed by atoms with Crippen LogP contribution in [0, 0.1) is 5.41 Å². The first kappa shape index (κ1) is 13.3. The SMILES string of the molecule is CCCC(C)(C[C@H](N)C(=O)O)C(F)F. The monoisotopic (exact) mass is 209 g/mol. The number of rotatable bonds is 6. The van der Waals surface area contributed by atoms with Gasteiger partial charge in [0, 0.05) is 5.41 Å². The molecule has 5 heteroatoms. The fourth-order valence-electron chi connectivity index (χ4n) is 1.46. The highest BCUT2D eigenvalue weighted by atomic mass is 19.3. The van der Waals surface area contributed by atoms with E-state index in [9.17, 15) is 13.6 Å². The Morgan fingerprint density at radius 3 is 2.36 bits per heavy atom. The van der Waals surface area contributed by atoms with Crippen LogP contribution in [0.1, 0.15) is 33.1 Å². The van der Waals surface area contributed by atoms with Crippen LogP contribution in [0.25, 0.3) is 0 Å². The van der Waals surface area contributed by atoms with Crippen LogP contribution >= 0.6 is 0 Å². The molecule has 0 spiro atoms. The van der Waals surface area contributed by atoms with E-state index in [0.717, 1.165) is 0 Å². The van der Waals surface area contributed by atoms with E-state index in [1.54, 1.807) is 6.92 Å². The third-order valence-corrected chi connectivity index (χ3v) is 2.35. The maximum atomic E-state index is 12.6. The summed E-state index contributed by atoms with van der Waals surface area (Å²) in [7, 11) is 0. The lowest BCUT2D eigenvalue weighted by molar-refractivity contribution is -0.140. The number of nitrogens with two attached hydrogens (primary N) is 1. The molecule has 0 aliphatic carbocycles. The fraction of sp³-hybridized carbons (Fsp3) is 0.889. The minimum absolute atomic E-state index is 0.187. The molecular formula is C9H17F2NO2. The molecule has 0 bridgehead atoms. The van der Waals surface area contributed by atoms with Crippen LogP contribution in [0.3, 0.4) is 0 Å². The largest absolute Gasteiger partial charge is 0.480 e. The molecule has 84 valence electrons. The third kappa shape index (κ3) is 3.57. The van der Waals surface area contributed by atoms with Gasteiger partial charge in [-0.1, -0.05) is 20.3 Å². The summed E-state index contributed by atoms with van der Waals surface area (Å²) >= 11 is 0. The van der Waals surface area contributed by atoms with Gasteiger partial charge in [0.2, 0.25) is 6.43 Å². The molecule has 3 nitrogen and oxygen atoms in total. The Morgan fingerprint density at radius 2 is 2.07 bits per heavy atom. The Hall–Kier alpha value is -0.710. The van der Waals surface area contributed by atoms with E-state index >= 15 is 0 Å². The first-order valence-corrected chi connectivity index (χ1v) is 4.60. The molecule has 1 unspecified atom stereocenters. The Labute approximate surface area is 82.3 Å². The number of hydrogen-bond acceptors (Lipinski definition) is 2. The number of carbonyl (C=O) groups is 1. The van der Waals surface area contributed by atoms with Crippen molar-refractivity contribution in [2.45, 2.75) is 45.6 Å². The zero-order valence-electron chi connectivity index (χ0n) is 8.46. The van der Waals surface area contributed by atoms with E-state index < -0.39 is 23.9 Å². The van der Waals surface area contributed by atoms with Gasteiger partial charge in [-0.15, -0.1) is 0 Å². The van der Waals surface area contributed by atoms with E-state index in [1.165, 1.54) is 6.92 Å². The molecule has 0 saturated carbocycles. The van der Waals surface area contributed by atoms with E-state index in [4.69, 9.17) is 10.8 Å². The van der Waals surface area contributed by atoms with Crippen LogP contribution in [0.2, 0.25) is 0 Å². The summed E-state index contributed by atoms with van der Waals surface area (Å²) in [5.41, 5.74) is 3.95.